The Morgan fingerprint density at radius 3 is 2.71 bits per heavy atom. The van der Waals surface area contributed by atoms with E-state index in [1.54, 1.807) is 29.1 Å². The number of carbonyl (C=O) groups excluding carboxylic acids is 1. The Morgan fingerprint density at radius 1 is 1.14 bits per heavy atom. The molecule has 1 amide bonds. The summed E-state index contributed by atoms with van der Waals surface area (Å²) in [6, 6.07) is 17.0. The first-order valence-corrected chi connectivity index (χ1v) is 8.70. The number of nitrogens with one attached hydrogen (secondary N) is 1. The summed E-state index contributed by atoms with van der Waals surface area (Å²) in [5.41, 5.74) is 3.09. The first-order valence-electron chi connectivity index (χ1n) is 8.70. The summed E-state index contributed by atoms with van der Waals surface area (Å²) in [6.07, 6.45) is 1.80. The molecule has 2 aromatic carbocycles. The zero-order valence-electron chi connectivity index (χ0n) is 15.1. The molecule has 4 rings (SSSR count). The highest BCUT2D eigenvalue weighted by Gasteiger charge is 2.15. The van der Waals surface area contributed by atoms with E-state index >= 15 is 0 Å². The van der Waals surface area contributed by atoms with E-state index in [1.165, 1.54) is 23.8 Å². The smallest absolute Gasteiger partial charge is 0.279 e. The quantitative estimate of drug-likeness (QED) is 0.564. The number of benzene rings is 2. The largest absolute Gasteiger partial charge is 0.355 e. The van der Waals surface area contributed by atoms with Crippen molar-refractivity contribution in [1.29, 1.82) is 0 Å². The molecule has 0 unspecified atom stereocenters. The molecule has 4 aromatic rings. The van der Waals surface area contributed by atoms with Gasteiger partial charge in [0.25, 0.3) is 5.91 Å². The molecule has 0 fully saturated rings. The second-order valence-electron chi connectivity index (χ2n) is 6.36. The Morgan fingerprint density at radius 2 is 1.93 bits per heavy atom. The second-order valence-corrected chi connectivity index (χ2v) is 6.36. The van der Waals surface area contributed by atoms with Gasteiger partial charge in [-0.05, 0) is 42.3 Å². The third-order valence-electron chi connectivity index (χ3n) is 4.35. The first kappa shape index (κ1) is 17.7. The zero-order valence-corrected chi connectivity index (χ0v) is 15.1. The number of aromatic nitrogens is 3. The molecule has 140 valence electrons. The number of halogens is 1. The summed E-state index contributed by atoms with van der Waals surface area (Å²) in [4.78, 5) is 12.4. The van der Waals surface area contributed by atoms with Crippen LogP contribution in [0.1, 0.15) is 21.6 Å². The maximum absolute atomic E-state index is 13.0. The van der Waals surface area contributed by atoms with Gasteiger partial charge in [0.05, 0.1) is 6.54 Å². The number of hydrogen-bond acceptors (Lipinski definition) is 4. The zero-order chi connectivity index (χ0) is 19.5. The third-order valence-corrected chi connectivity index (χ3v) is 4.35. The molecule has 1 N–H and O–H groups in total. The van der Waals surface area contributed by atoms with Gasteiger partial charge in [-0.25, -0.2) is 4.39 Å². The highest BCUT2D eigenvalue weighted by molar-refractivity contribution is 6.02. The van der Waals surface area contributed by atoms with Crippen molar-refractivity contribution in [3.8, 4) is 11.3 Å². The fourth-order valence-corrected chi connectivity index (χ4v) is 2.79. The van der Waals surface area contributed by atoms with E-state index in [1.807, 2.05) is 31.2 Å². The van der Waals surface area contributed by atoms with E-state index < -0.39 is 5.91 Å². The molecule has 2 aromatic heterocycles. The van der Waals surface area contributed by atoms with Gasteiger partial charge in [-0.2, -0.15) is 5.10 Å². The van der Waals surface area contributed by atoms with Crippen LogP contribution in [0.2, 0.25) is 0 Å². The monoisotopic (exact) mass is 376 g/mol. The summed E-state index contributed by atoms with van der Waals surface area (Å²) >= 11 is 0. The third kappa shape index (κ3) is 3.83. The highest BCUT2D eigenvalue weighted by atomic mass is 19.1. The first-order chi connectivity index (χ1) is 13.6. The molecule has 0 saturated carbocycles. The number of carbonyl (C=O) groups is 1. The summed E-state index contributed by atoms with van der Waals surface area (Å²) in [7, 11) is 0. The standard InChI is InChI=1S/C21H17FN4O2/c1-14-4-2-3-5-16(14)13-26-11-10-20(24-26)23-21(27)18-12-19(28-25-18)15-6-8-17(22)9-7-15/h2-12H,13H2,1H3,(H,23,24,27). The number of hydrogen-bond donors (Lipinski definition) is 1. The van der Waals surface area contributed by atoms with E-state index in [4.69, 9.17) is 4.52 Å². The van der Waals surface area contributed by atoms with Crippen molar-refractivity contribution in [1.82, 2.24) is 14.9 Å². The van der Waals surface area contributed by atoms with Crippen LogP contribution in [0.15, 0.2) is 71.4 Å². The second kappa shape index (κ2) is 7.48. The molecular weight excluding hydrogens is 359 g/mol. The fourth-order valence-electron chi connectivity index (χ4n) is 2.79. The van der Waals surface area contributed by atoms with Gasteiger partial charge in [0.2, 0.25) is 0 Å². The predicted molar refractivity (Wildman–Crippen MR) is 102 cm³/mol. The molecule has 0 aliphatic carbocycles. The van der Waals surface area contributed by atoms with Crippen LogP contribution in [0.4, 0.5) is 10.2 Å². The molecule has 0 radical (unpaired) electrons. The van der Waals surface area contributed by atoms with Crippen LogP contribution in [-0.2, 0) is 6.54 Å². The number of nitrogens with zero attached hydrogens (tertiary/aromatic N) is 3. The van der Waals surface area contributed by atoms with Crippen LogP contribution in [0.5, 0.6) is 0 Å². The molecule has 28 heavy (non-hydrogen) atoms. The number of aryl methyl sites for hydroxylation is 1. The average Bonchev–Trinajstić information content (AvgIpc) is 3.34. The average molecular weight is 376 g/mol. The Hall–Kier alpha value is -3.74. The van der Waals surface area contributed by atoms with Gasteiger partial charge in [0.15, 0.2) is 17.3 Å². The van der Waals surface area contributed by atoms with E-state index in [0.717, 1.165) is 5.56 Å². The lowest BCUT2D eigenvalue weighted by Gasteiger charge is -2.05. The summed E-state index contributed by atoms with van der Waals surface area (Å²) < 4.78 is 20.0. The van der Waals surface area contributed by atoms with Crippen molar-refractivity contribution in [3.05, 3.63) is 89.5 Å². The van der Waals surface area contributed by atoms with E-state index in [0.29, 0.717) is 23.7 Å². The van der Waals surface area contributed by atoms with Crippen molar-refractivity contribution < 1.29 is 13.7 Å². The van der Waals surface area contributed by atoms with Gasteiger partial charge in [0, 0.05) is 23.9 Å². The molecule has 7 heteroatoms. The maximum atomic E-state index is 13.0. The van der Waals surface area contributed by atoms with Crippen molar-refractivity contribution in [3.63, 3.8) is 0 Å². The lowest BCUT2D eigenvalue weighted by molar-refractivity contribution is 0.101. The fraction of sp³-hybridized carbons (Fsp3) is 0.0952. The van der Waals surface area contributed by atoms with Crippen LogP contribution in [0.25, 0.3) is 11.3 Å². The van der Waals surface area contributed by atoms with Crippen LogP contribution in [0.3, 0.4) is 0 Å². The molecule has 6 nitrogen and oxygen atoms in total. The predicted octanol–water partition coefficient (Wildman–Crippen LogP) is 4.29. The van der Waals surface area contributed by atoms with Crippen molar-refractivity contribution >= 4 is 11.7 Å². The van der Waals surface area contributed by atoms with Gasteiger partial charge in [-0.1, -0.05) is 29.4 Å². The highest BCUT2D eigenvalue weighted by Crippen LogP contribution is 2.21. The molecular formula is C21H17FN4O2. The van der Waals surface area contributed by atoms with Gasteiger partial charge >= 0.3 is 0 Å². The van der Waals surface area contributed by atoms with Crippen molar-refractivity contribution in [2.75, 3.05) is 5.32 Å². The minimum atomic E-state index is -0.432. The Balaban J connectivity index is 1.44. The van der Waals surface area contributed by atoms with Crippen LogP contribution in [-0.4, -0.2) is 20.8 Å². The van der Waals surface area contributed by atoms with Gasteiger partial charge in [-0.3, -0.25) is 9.48 Å². The van der Waals surface area contributed by atoms with E-state index in [9.17, 15) is 9.18 Å². The van der Waals surface area contributed by atoms with Gasteiger partial charge in [-0.15, -0.1) is 0 Å². The molecule has 0 aliphatic rings. The maximum Gasteiger partial charge on any atom is 0.279 e. The summed E-state index contributed by atoms with van der Waals surface area (Å²) in [6.45, 7) is 2.66. The van der Waals surface area contributed by atoms with E-state index in [2.05, 4.69) is 15.6 Å². The number of amides is 1. The molecule has 0 spiro atoms. The van der Waals surface area contributed by atoms with Crippen LogP contribution in [0, 0.1) is 12.7 Å². The molecule has 0 bridgehead atoms. The molecule has 0 atom stereocenters. The topological polar surface area (TPSA) is 73.0 Å². The van der Waals surface area contributed by atoms with Gasteiger partial charge in [0.1, 0.15) is 5.82 Å². The normalized spacial score (nSPS) is 10.8. The van der Waals surface area contributed by atoms with Crippen LogP contribution < -0.4 is 5.32 Å². The van der Waals surface area contributed by atoms with E-state index in [-0.39, 0.29) is 11.5 Å². The minimum Gasteiger partial charge on any atom is -0.355 e. The number of anilines is 1. The minimum absolute atomic E-state index is 0.118. The number of rotatable bonds is 5. The summed E-state index contributed by atoms with van der Waals surface area (Å²) in [5, 5.41) is 10.9. The van der Waals surface area contributed by atoms with Gasteiger partial charge < -0.3 is 9.84 Å². The molecule has 0 aliphatic heterocycles. The summed E-state index contributed by atoms with van der Waals surface area (Å²) in [5.74, 6) is 0.0286. The molecule has 0 saturated heterocycles. The molecule has 2 heterocycles. The Labute approximate surface area is 160 Å². The SMILES string of the molecule is Cc1ccccc1Cn1ccc(NC(=O)c2cc(-c3ccc(F)cc3)on2)n1. The van der Waals surface area contributed by atoms with Crippen molar-refractivity contribution in [2.45, 2.75) is 13.5 Å². The lowest BCUT2D eigenvalue weighted by atomic mass is 10.1. The Bertz CT molecular complexity index is 1120. The lowest BCUT2D eigenvalue weighted by Crippen LogP contribution is -2.13. The van der Waals surface area contributed by atoms with Crippen LogP contribution >= 0.6 is 0 Å². The van der Waals surface area contributed by atoms with Crippen molar-refractivity contribution in [2.24, 2.45) is 0 Å². The Kier molecular flexibility index (Phi) is 4.72.